The van der Waals surface area contributed by atoms with E-state index in [1.54, 1.807) is 29.8 Å². The van der Waals surface area contributed by atoms with Gasteiger partial charge in [0.15, 0.2) is 11.0 Å². The van der Waals surface area contributed by atoms with Crippen molar-refractivity contribution >= 4 is 23.1 Å². The van der Waals surface area contributed by atoms with Gasteiger partial charge < -0.3 is 4.52 Å². The SMILES string of the molecule is c1cnc(SCc2noc(-c3ccsc3)n2)nc1. The lowest BCUT2D eigenvalue weighted by Gasteiger charge is -1.93. The molecule has 0 aromatic carbocycles. The normalized spacial score (nSPS) is 10.7. The Kier molecular flexibility index (Phi) is 3.33. The summed E-state index contributed by atoms with van der Waals surface area (Å²) in [5, 5.41) is 8.59. The second-order valence-electron chi connectivity index (χ2n) is 3.35. The van der Waals surface area contributed by atoms with Gasteiger partial charge in [-0.15, -0.1) is 0 Å². The van der Waals surface area contributed by atoms with Gasteiger partial charge in [0.1, 0.15) is 0 Å². The van der Waals surface area contributed by atoms with Crippen LogP contribution in [0.25, 0.3) is 11.5 Å². The van der Waals surface area contributed by atoms with Crippen LogP contribution in [-0.2, 0) is 5.75 Å². The van der Waals surface area contributed by atoms with Crippen LogP contribution in [0.3, 0.4) is 0 Å². The van der Waals surface area contributed by atoms with Crippen molar-refractivity contribution in [3.05, 3.63) is 41.1 Å². The third kappa shape index (κ3) is 2.57. The fourth-order valence-electron chi connectivity index (χ4n) is 1.31. The van der Waals surface area contributed by atoms with Crippen molar-refractivity contribution in [1.82, 2.24) is 20.1 Å². The van der Waals surface area contributed by atoms with E-state index < -0.39 is 0 Å². The van der Waals surface area contributed by atoms with Gasteiger partial charge in [0.2, 0.25) is 0 Å². The van der Waals surface area contributed by atoms with E-state index in [1.807, 2.05) is 16.8 Å². The fraction of sp³-hybridized carbons (Fsp3) is 0.0909. The minimum absolute atomic E-state index is 0.556. The summed E-state index contributed by atoms with van der Waals surface area (Å²) in [7, 11) is 0. The maximum Gasteiger partial charge on any atom is 0.258 e. The summed E-state index contributed by atoms with van der Waals surface area (Å²) >= 11 is 3.08. The summed E-state index contributed by atoms with van der Waals surface area (Å²) in [5.41, 5.74) is 0.958. The molecule has 3 heterocycles. The molecular weight excluding hydrogens is 268 g/mol. The van der Waals surface area contributed by atoms with E-state index in [-0.39, 0.29) is 0 Å². The zero-order valence-corrected chi connectivity index (χ0v) is 10.8. The van der Waals surface area contributed by atoms with Crippen molar-refractivity contribution in [3.63, 3.8) is 0 Å². The summed E-state index contributed by atoms with van der Waals surface area (Å²) in [4.78, 5) is 12.6. The summed E-state index contributed by atoms with van der Waals surface area (Å²) in [6, 6.07) is 3.74. The first-order chi connectivity index (χ1) is 8.92. The van der Waals surface area contributed by atoms with E-state index in [2.05, 4.69) is 20.1 Å². The van der Waals surface area contributed by atoms with Crippen molar-refractivity contribution in [2.24, 2.45) is 0 Å². The van der Waals surface area contributed by atoms with Gasteiger partial charge in [-0.1, -0.05) is 16.9 Å². The maximum atomic E-state index is 5.19. The molecule has 0 saturated carbocycles. The lowest BCUT2D eigenvalue weighted by atomic mass is 10.3. The van der Waals surface area contributed by atoms with Gasteiger partial charge in [0.05, 0.1) is 11.3 Å². The Balaban J connectivity index is 1.68. The Labute approximate surface area is 111 Å². The van der Waals surface area contributed by atoms with E-state index >= 15 is 0 Å². The standard InChI is InChI=1S/C11H8N4OS2/c1-3-12-11(13-4-1)18-7-9-14-10(16-15-9)8-2-5-17-6-8/h1-6H,7H2. The number of thiophene rings is 1. The van der Waals surface area contributed by atoms with Crippen molar-refractivity contribution in [2.45, 2.75) is 10.9 Å². The minimum atomic E-state index is 0.556. The van der Waals surface area contributed by atoms with Crippen LogP contribution in [0.2, 0.25) is 0 Å². The van der Waals surface area contributed by atoms with Crippen LogP contribution in [0.4, 0.5) is 0 Å². The molecule has 0 radical (unpaired) electrons. The minimum Gasteiger partial charge on any atom is -0.334 e. The average molecular weight is 276 g/mol. The lowest BCUT2D eigenvalue weighted by molar-refractivity contribution is 0.425. The number of hydrogen-bond donors (Lipinski definition) is 0. The second-order valence-corrected chi connectivity index (χ2v) is 5.07. The molecule has 0 saturated heterocycles. The highest BCUT2D eigenvalue weighted by Crippen LogP contribution is 2.22. The zero-order chi connectivity index (χ0) is 12.2. The molecule has 0 unspecified atom stereocenters. The monoisotopic (exact) mass is 276 g/mol. The van der Waals surface area contributed by atoms with Gasteiger partial charge in [0.25, 0.3) is 5.89 Å². The van der Waals surface area contributed by atoms with Gasteiger partial charge in [-0.3, -0.25) is 0 Å². The number of nitrogens with zero attached hydrogens (tertiary/aromatic N) is 4. The first-order valence-corrected chi connectivity index (χ1v) is 7.09. The van der Waals surface area contributed by atoms with Gasteiger partial charge in [-0.25, -0.2) is 9.97 Å². The lowest BCUT2D eigenvalue weighted by Crippen LogP contribution is -1.87. The quantitative estimate of drug-likeness (QED) is 0.539. The van der Waals surface area contributed by atoms with E-state index in [4.69, 9.17) is 4.52 Å². The Morgan fingerprint density at radius 2 is 2.17 bits per heavy atom. The predicted octanol–water partition coefficient (Wildman–Crippen LogP) is 2.88. The molecule has 3 aromatic rings. The van der Waals surface area contributed by atoms with Gasteiger partial charge in [0, 0.05) is 17.8 Å². The van der Waals surface area contributed by atoms with Gasteiger partial charge >= 0.3 is 0 Å². The number of aromatic nitrogens is 4. The van der Waals surface area contributed by atoms with Gasteiger partial charge in [-0.05, 0) is 17.5 Å². The van der Waals surface area contributed by atoms with Crippen LogP contribution in [0.1, 0.15) is 5.82 Å². The van der Waals surface area contributed by atoms with Crippen LogP contribution in [0.15, 0.2) is 45.0 Å². The Bertz CT molecular complexity index is 609. The summed E-state index contributed by atoms with van der Waals surface area (Å²) in [6.45, 7) is 0. The van der Waals surface area contributed by atoms with Crippen LogP contribution >= 0.6 is 23.1 Å². The first kappa shape index (κ1) is 11.4. The molecule has 0 aliphatic carbocycles. The Morgan fingerprint density at radius 3 is 2.94 bits per heavy atom. The van der Waals surface area contributed by atoms with E-state index in [0.29, 0.717) is 22.6 Å². The van der Waals surface area contributed by atoms with Crippen LogP contribution in [0, 0.1) is 0 Å². The van der Waals surface area contributed by atoms with Crippen molar-refractivity contribution in [2.75, 3.05) is 0 Å². The van der Waals surface area contributed by atoms with Crippen LogP contribution in [0.5, 0.6) is 0 Å². The highest BCUT2D eigenvalue weighted by atomic mass is 32.2. The maximum absolute atomic E-state index is 5.19. The largest absolute Gasteiger partial charge is 0.334 e. The van der Waals surface area contributed by atoms with Crippen molar-refractivity contribution in [1.29, 1.82) is 0 Å². The molecule has 18 heavy (non-hydrogen) atoms. The molecular formula is C11H8N4OS2. The molecule has 5 nitrogen and oxygen atoms in total. The average Bonchev–Trinajstić information content (AvgIpc) is 3.08. The molecule has 0 N–H and O–H groups in total. The third-order valence-corrected chi connectivity index (χ3v) is 3.66. The smallest absolute Gasteiger partial charge is 0.258 e. The van der Waals surface area contributed by atoms with E-state index in [0.717, 1.165) is 5.56 Å². The van der Waals surface area contributed by atoms with Crippen LogP contribution < -0.4 is 0 Å². The van der Waals surface area contributed by atoms with Crippen LogP contribution in [-0.4, -0.2) is 20.1 Å². The van der Waals surface area contributed by atoms with Crippen molar-refractivity contribution < 1.29 is 4.52 Å². The summed E-state index contributed by atoms with van der Waals surface area (Å²) in [5.74, 6) is 1.80. The van der Waals surface area contributed by atoms with Crippen molar-refractivity contribution in [3.8, 4) is 11.5 Å². The molecule has 3 aromatic heterocycles. The molecule has 0 spiro atoms. The molecule has 3 rings (SSSR count). The molecule has 0 aliphatic rings. The highest BCUT2D eigenvalue weighted by molar-refractivity contribution is 7.98. The van der Waals surface area contributed by atoms with Gasteiger partial charge in [-0.2, -0.15) is 16.3 Å². The Morgan fingerprint density at radius 1 is 1.28 bits per heavy atom. The predicted molar refractivity (Wildman–Crippen MR) is 69.2 cm³/mol. The molecule has 90 valence electrons. The zero-order valence-electron chi connectivity index (χ0n) is 9.18. The topological polar surface area (TPSA) is 64.7 Å². The summed E-state index contributed by atoms with van der Waals surface area (Å²) in [6.07, 6.45) is 3.42. The Hall–Kier alpha value is -1.73. The fourth-order valence-corrected chi connectivity index (χ4v) is 2.58. The number of rotatable bonds is 4. The summed E-state index contributed by atoms with van der Waals surface area (Å²) < 4.78 is 5.19. The second kappa shape index (κ2) is 5.28. The number of thioether (sulfide) groups is 1. The third-order valence-electron chi connectivity index (χ3n) is 2.11. The van der Waals surface area contributed by atoms with E-state index in [9.17, 15) is 0 Å². The molecule has 0 amide bonds. The van der Waals surface area contributed by atoms with E-state index in [1.165, 1.54) is 11.8 Å². The number of hydrogen-bond acceptors (Lipinski definition) is 7. The molecule has 0 atom stereocenters. The highest BCUT2D eigenvalue weighted by Gasteiger charge is 2.09. The molecule has 0 fully saturated rings. The molecule has 0 aliphatic heterocycles. The molecule has 7 heteroatoms. The molecule has 0 bridgehead atoms. The first-order valence-electron chi connectivity index (χ1n) is 5.17.